The number of carboxylic acid groups (broad SMARTS) is 1. The van der Waals surface area contributed by atoms with Crippen molar-refractivity contribution < 1.29 is 26.0 Å². The van der Waals surface area contributed by atoms with Crippen LogP contribution >= 0.6 is 0 Å². The van der Waals surface area contributed by atoms with E-state index in [0.717, 1.165) is 7.11 Å². The zero-order valence-electron chi connectivity index (χ0n) is 6.20. The maximum Gasteiger partial charge on any atom is 0.373 e. The summed E-state index contributed by atoms with van der Waals surface area (Å²) < 4.78 is 5.75. The smallest absolute Gasteiger partial charge is 0.373 e. The summed E-state index contributed by atoms with van der Waals surface area (Å²) in [6.45, 7) is -0.250. The molecule has 0 spiro atoms. The van der Waals surface area contributed by atoms with Gasteiger partial charge in [-0.1, -0.05) is 7.40 Å². The molecule has 9 heavy (non-hydrogen) atoms. The molecular weight excluding hydrogens is 128 g/mol. The predicted octanol–water partition coefficient (Wildman–Crippen LogP) is -0.638. The van der Waals surface area contributed by atoms with Gasteiger partial charge in [0.25, 0.3) is 6.47 Å². The molecule has 0 atom stereocenters. The van der Waals surface area contributed by atoms with E-state index >= 15 is 0 Å². The van der Waals surface area contributed by atoms with Crippen molar-refractivity contribution in [3.63, 3.8) is 0 Å². The molecule has 5 nitrogen and oxygen atoms in total. The molecule has 0 aromatic rings. The fraction of sp³-hybridized carbons (Fsp3) is 0.500. The van der Waals surface area contributed by atoms with E-state index in [9.17, 15) is 0 Å². The summed E-state index contributed by atoms with van der Waals surface area (Å²) >= 11 is 0. The summed E-state index contributed by atoms with van der Waals surface area (Å²) in [5.41, 5.74) is 0. The van der Waals surface area contributed by atoms with Crippen molar-refractivity contribution in [2.24, 2.45) is 0 Å². The average Bonchev–Trinajstić information content (AvgIpc) is 1.99. The van der Waals surface area contributed by atoms with Crippen LogP contribution in [0, 0.1) is 0 Å². The molecule has 0 heterocycles. The molecule has 0 amide bonds. The zero-order valence-corrected chi connectivity index (χ0v) is 5.20. The first-order chi connectivity index (χ1) is 4.83. The quantitative estimate of drug-likeness (QED) is 0.435. The van der Waals surface area contributed by atoms with Gasteiger partial charge in [-0.05, 0) is 0 Å². The third-order valence-electron chi connectivity index (χ3n) is 0. The highest BCUT2D eigenvalue weighted by Gasteiger charge is 1.22. The fourth-order valence-corrected chi connectivity index (χ4v) is 0. The molecule has 0 saturated heterocycles. The van der Waals surface area contributed by atoms with Crippen molar-refractivity contribution >= 4 is 12.6 Å². The Balaban J connectivity index is -0.0000000246. The van der Waals surface area contributed by atoms with E-state index in [1.165, 1.54) is 7.40 Å². The van der Waals surface area contributed by atoms with E-state index < -0.39 is 0 Å². The van der Waals surface area contributed by atoms with Crippen LogP contribution in [0.25, 0.3) is 0 Å². The molecule has 0 aliphatic carbocycles. The van der Waals surface area contributed by atoms with Gasteiger partial charge in [0.05, 0.1) is 0 Å². The second-order valence-corrected chi connectivity index (χ2v) is 0.189. The van der Waals surface area contributed by atoms with Gasteiger partial charge in [-0.25, -0.2) is 0 Å². The number of aliphatic hydroxyl groups excluding tert-OH is 1. The molecule has 56 valence electrons. The predicted molar refractivity (Wildman–Crippen MR) is 28.6 cm³/mol. The van der Waals surface area contributed by atoms with Crippen molar-refractivity contribution in [3.8, 4) is 0 Å². The molecule has 0 radical (unpaired) electrons. The topological polar surface area (TPSA) is 91.7 Å². The summed E-state index contributed by atoms with van der Waals surface area (Å²) in [5, 5.41) is 13.9. The van der Waals surface area contributed by atoms with E-state index in [2.05, 4.69) is 0 Å². The Kier molecular flexibility index (Phi) is 609. The minimum Gasteiger partial charge on any atom is -0.483 e. The molecule has 0 saturated carbocycles. The third kappa shape index (κ3) is 111. The van der Waals surface area contributed by atoms with E-state index in [-0.39, 0.29) is 12.6 Å². The van der Waals surface area contributed by atoms with Crippen LogP contribution in [0.3, 0.4) is 0 Å². The second kappa shape index (κ2) is 350. The molecule has 0 aliphatic rings. The van der Waals surface area contributed by atoms with Gasteiger partial charge >= 0.3 is 6.15 Å². The lowest BCUT2D eigenvalue weighted by atomic mass is 11.7. The highest BCUT2D eigenvalue weighted by molar-refractivity contribution is 5.32. The minimum absolute atomic E-state index is 0.250. The van der Waals surface area contributed by atoms with Gasteiger partial charge in [-0.2, -0.15) is 9.59 Å². The Morgan fingerprint density at radius 1 is 1.56 bits per heavy atom. The lowest BCUT2D eigenvalue weighted by Crippen LogP contribution is -1.49. The van der Waals surface area contributed by atoms with E-state index in [1.807, 2.05) is 0 Å². The van der Waals surface area contributed by atoms with Crippen molar-refractivity contribution in [2.75, 3.05) is 7.11 Å². The number of carbonyl (C=O) groups excluding carboxylic acids is 2. The Labute approximate surface area is 54.3 Å². The number of aliphatic hydroxyl groups is 1. The SMILES string of the molecule is CO.O=C=O.O=CO.[2H]C. The monoisotopic (exact) mass is 139 g/mol. The molecule has 2 N–H and O–H groups in total. The molecule has 0 rings (SSSR count). The highest BCUT2D eigenvalue weighted by Crippen LogP contribution is 0.966. The first kappa shape index (κ1) is 15.7. The second-order valence-electron chi connectivity index (χ2n) is 0.189. The minimum atomic E-state index is -0.250. The van der Waals surface area contributed by atoms with Crippen LogP contribution in [-0.2, 0) is 14.4 Å². The third-order valence-corrected chi connectivity index (χ3v) is 0. The van der Waals surface area contributed by atoms with Gasteiger partial charge in [0.2, 0.25) is 0 Å². The lowest BCUT2D eigenvalue weighted by molar-refractivity contribution is -0.191. The van der Waals surface area contributed by atoms with Gasteiger partial charge in [0, 0.05) is 8.48 Å². The fourth-order valence-electron chi connectivity index (χ4n) is 0. The van der Waals surface area contributed by atoms with Crippen LogP contribution in [0.15, 0.2) is 0 Å². The average molecular weight is 139 g/mol. The van der Waals surface area contributed by atoms with Crippen LogP contribution < -0.4 is 0 Å². The zero-order chi connectivity index (χ0) is 9.41. The van der Waals surface area contributed by atoms with Gasteiger partial charge in [-0.15, -0.1) is 0 Å². The van der Waals surface area contributed by atoms with Gasteiger partial charge < -0.3 is 10.2 Å². The van der Waals surface area contributed by atoms with E-state index in [4.69, 9.17) is 26.0 Å². The van der Waals surface area contributed by atoms with Crippen LogP contribution in [0.5, 0.6) is 0 Å². The number of rotatable bonds is 0. The summed E-state index contributed by atoms with van der Waals surface area (Å²) in [5.74, 6) is 0. The first-order valence-corrected chi connectivity index (χ1v) is 1.35. The lowest BCUT2D eigenvalue weighted by Gasteiger charge is -1.34. The summed E-state index contributed by atoms with van der Waals surface area (Å²) in [4.78, 5) is 24.6. The molecular formula is C4H10O5. The van der Waals surface area contributed by atoms with Gasteiger partial charge in [0.15, 0.2) is 0 Å². The summed E-state index contributed by atoms with van der Waals surface area (Å²) in [7, 11) is 2.25. The maximum absolute atomic E-state index is 8.36. The van der Waals surface area contributed by atoms with Crippen molar-refractivity contribution in [2.45, 2.75) is 7.40 Å². The summed E-state index contributed by atoms with van der Waals surface area (Å²) in [6, 6.07) is 0. The normalized spacial score (nSPS) is 3.67. The van der Waals surface area contributed by atoms with E-state index in [1.54, 1.807) is 0 Å². The first-order valence-electron chi connectivity index (χ1n) is 2.35. The van der Waals surface area contributed by atoms with Crippen LogP contribution in [-0.4, -0.2) is 29.9 Å². The summed E-state index contributed by atoms with van der Waals surface area (Å²) in [6.07, 6.45) is 0.250. The molecule has 0 unspecified atom stereocenters. The maximum atomic E-state index is 8.36. The molecule has 0 aromatic heterocycles. The van der Waals surface area contributed by atoms with Gasteiger partial charge in [-0.3, -0.25) is 4.79 Å². The Bertz CT molecular complexity index is 58.7. The Hall–Kier alpha value is -1.19. The van der Waals surface area contributed by atoms with Crippen LogP contribution in [0.2, 0.25) is 0 Å². The van der Waals surface area contributed by atoms with Crippen molar-refractivity contribution in [1.82, 2.24) is 0 Å². The number of hydrogen-bond acceptors (Lipinski definition) is 4. The Morgan fingerprint density at radius 2 is 1.56 bits per heavy atom. The largest absolute Gasteiger partial charge is 0.483 e. The standard InChI is InChI=1S/CH2O2.CO2.CH4O.CH4/c2*2-1-3;1-2;/h1H,(H,2,3);;2H,1H3;1H4/i;;;1D. The number of carbonyl (C=O) groups is 1. The Morgan fingerprint density at radius 3 is 1.56 bits per heavy atom. The highest BCUT2D eigenvalue weighted by atomic mass is 16.3. The van der Waals surface area contributed by atoms with Crippen LogP contribution in [0.1, 0.15) is 8.77 Å². The van der Waals surface area contributed by atoms with E-state index in [0.29, 0.717) is 0 Å². The molecule has 0 aromatic carbocycles. The molecule has 0 aliphatic heterocycles. The van der Waals surface area contributed by atoms with Crippen LogP contribution in [0.4, 0.5) is 0 Å². The molecule has 0 fully saturated rings. The van der Waals surface area contributed by atoms with Crippen molar-refractivity contribution in [1.29, 1.82) is 0 Å². The molecule has 5 heteroatoms. The van der Waals surface area contributed by atoms with Gasteiger partial charge in [0.1, 0.15) is 0 Å². The number of hydrogen-bond donors (Lipinski definition) is 2. The van der Waals surface area contributed by atoms with Crippen molar-refractivity contribution in [3.05, 3.63) is 0 Å². The molecule has 0 bridgehead atoms.